The van der Waals surface area contributed by atoms with Crippen LogP contribution in [0.15, 0.2) is 28.9 Å². The SMILES string of the molecule is Cc1c([C@@H](NC(=O)Nc2cnc(N3CC(C)(O)C3)nc2)C(F)(F)F)oc2c(F)cc(F)cc12. The van der Waals surface area contributed by atoms with Gasteiger partial charge < -0.3 is 25.1 Å². The van der Waals surface area contributed by atoms with Crippen LogP contribution in [0.25, 0.3) is 11.0 Å². The topological polar surface area (TPSA) is 104 Å². The fourth-order valence-corrected chi connectivity index (χ4v) is 3.60. The van der Waals surface area contributed by atoms with E-state index in [2.05, 4.69) is 15.3 Å². The van der Waals surface area contributed by atoms with Gasteiger partial charge in [0.15, 0.2) is 17.4 Å². The number of halogens is 5. The summed E-state index contributed by atoms with van der Waals surface area (Å²) < 4.78 is 73.7. The number of nitrogens with one attached hydrogen (secondary N) is 2. The van der Waals surface area contributed by atoms with Crippen molar-refractivity contribution < 1.29 is 36.3 Å². The summed E-state index contributed by atoms with van der Waals surface area (Å²) in [7, 11) is 0. The second-order valence-corrected chi connectivity index (χ2v) is 8.05. The van der Waals surface area contributed by atoms with E-state index in [0.717, 1.165) is 6.07 Å². The smallest absolute Gasteiger partial charge is 0.416 e. The molecule has 0 radical (unpaired) electrons. The van der Waals surface area contributed by atoms with Gasteiger partial charge in [0.1, 0.15) is 11.6 Å². The van der Waals surface area contributed by atoms with Crippen molar-refractivity contribution in [1.82, 2.24) is 15.3 Å². The molecule has 3 N–H and O–H groups in total. The van der Waals surface area contributed by atoms with E-state index < -0.39 is 46.8 Å². The normalized spacial score (nSPS) is 16.4. The minimum absolute atomic E-state index is 0.0129. The third-order valence-electron chi connectivity index (χ3n) is 5.10. The number of carbonyl (C=O) groups excluding carboxylic acids is 1. The van der Waals surface area contributed by atoms with Gasteiger partial charge in [-0.2, -0.15) is 13.2 Å². The lowest BCUT2D eigenvalue weighted by molar-refractivity contribution is -0.158. The highest BCUT2D eigenvalue weighted by molar-refractivity contribution is 5.89. The third kappa shape index (κ3) is 4.53. The van der Waals surface area contributed by atoms with Crippen molar-refractivity contribution in [3.8, 4) is 0 Å². The van der Waals surface area contributed by atoms with Gasteiger partial charge in [-0.3, -0.25) is 0 Å². The van der Waals surface area contributed by atoms with Crippen molar-refractivity contribution in [1.29, 1.82) is 0 Å². The summed E-state index contributed by atoms with van der Waals surface area (Å²) in [6.45, 7) is 3.48. The zero-order valence-corrected chi connectivity index (χ0v) is 17.3. The largest absolute Gasteiger partial charge is 0.455 e. The number of fused-ring (bicyclic) bond motifs is 1. The molecule has 1 saturated heterocycles. The molecule has 0 bridgehead atoms. The average Bonchev–Trinajstić information content (AvgIpc) is 3.01. The molecule has 1 aliphatic heterocycles. The highest BCUT2D eigenvalue weighted by atomic mass is 19.4. The predicted molar refractivity (Wildman–Crippen MR) is 107 cm³/mol. The molecule has 0 aliphatic carbocycles. The van der Waals surface area contributed by atoms with Crippen LogP contribution in [0, 0.1) is 18.6 Å². The van der Waals surface area contributed by atoms with Gasteiger partial charge in [0.25, 0.3) is 0 Å². The molecule has 0 unspecified atom stereocenters. The zero-order valence-electron chi connectivity index (χ0n) is 17.3. The van der Waals surface area contributed by atoms with Crippen molar-refractivity contribution in [2.75, 3.05) is 23.3 Å². The molecular weight excluding hydrogens is 453 g/mol. The van der Waals surface area contributed by atoms with Crippen LogP contribution < -0.4 is 15.5 Å². The number of hydrogen-bond acceptors (Lipinski definition) is 6. The number of aryl methyl sites for hydroxylation is 1. The number of nitrogens with zero attached hydrogens (tertiary/aromatic N) is 3. The van der Waals surface area contributed by atoms with Crippen molar-refractivity contribution >= 4 is 28.6 Å². The fourth-order valence-electron chi connectivity index (χ4n) is 3.60. The van der Waals surface area contributed by atoms with Gasteiger partial charge in [0.2, 0.25) is 5.95 Å². The monoisotopic (exact) mass is 471 g/mol. The second kappa shape index (κ2) is 7.83. The van der Waals surface area contributed by atoms with Crippen molar-refractivity contribution in [3.63, 3.8) is 0 Å². The Balaban J connectivity index is 1.52. The molecule has 1 aromatic carbocycles. The van der Waals surface area contributed by atoms with Gasteiger partial charge in [-0.15, -0.1) is 0 Å². The van der Waals surface area contributed by atoms with Crippen molar-refractivity contribution in [3.05, 3.63) is 47.5 Å². The number of aliphatic hydroxyl groups is 1. The summed E-state index contributed by atoms with van der Waals surface area (Å²) >= 11 is 0. The molecule has 13 heteroatoms. The Labute approximate surface area is 183 Å². The molecule has 0 saturated carbocycles. The molecular formula is C20H18F5N5O3. The number of anilines is 2. The molecule has 4 rings (SSSR count). The van der Waals surface area contributed by atoms with E-state index in [1.165, 1.54) is 19.3 Å². The second-order valence-electron chi connectivity index (χ2n) is 8.05. The fraction of sp³-hybridized carbons (Fsp3) is 0.350. The minimum Gasteiger partial charge on any atom is -0.455 e. The minimum atomic E-state index is -5.00. The number of urea groups is 1. The van der Waals surface area contributed by atoms with Crippen LogP contribution in [0.4, 0.5) is 38.4 Å². The summed E-state index contributed by atoms with van der Waals surface area (Å²) in [5.74, 6) is -2.62. The lowest BCUT2D eigenvalue weighted by atomic mass is 9.98. The van der Waals surface area contributed by atoms with Gasteiger partial charge in [-0.25, -0.2) is 23.5 Å². The molecule has 0 spiro atoms. The van der Waals surface area contributed by atoms with E-state index in [1.54, 1.807) is 17.1 Å². The summed E-state index contributed by atoms with van der Waals surface area (Å²) in [5.41, 5.74) is -1.55. The number of alkyl halides is 3. The van der Waals surface area contributed by atoms with E-state index in [4.69, 9.17) is 4.42 Å². The van der Waals surface area contributed by atoms with Gasteiger partial charge in [0.05, 0.1) is 36.8 Å². The Kier molecular flexibility index (Phi) is 5.39. The van der Waals surface area contributed by atoms with Crippen LogP contribution in [0.5, 0.6) is 0 Å². The first-order valence-corrected chi connectivity index (χ1v) is 9.66. The average molecular weight is 471 g/mol. The molecule has 1 atom stereocenters. The molecule has 2 aromatic heterocycles. The number of amides is 2. The lowest BCUT2D eigenvalue weighted by Crippen LogP contribution is -2.60. The van der Waals surface area contributed by atoms with E-state index in [1.807, 2.05) is 0 Å². The predicted octanol–water partition coefficient (Wildman–Crippen LogP) is 3.81. The zero-order chi connectivity index (χ0) is 24.1. The molecule has 3 heterocycles. The Morgan fingerprint density at radius 1 is 1.24 bits per heavy atom. The lowest BCUT2D eigenvalue weighted by Gasteiger charge is -2.44. The first-order valence-electron chi connectivity index (χ1n) is 9.66. The third-order valence-corrected chi connectivity index (χ3v) is 5.10. The molecule has 8 nitrogen and oxygen atoms in total. The van der Waals surface area contributed by atoms with Gasteiger partial charge in [0, 0.05) is 17.0 Å². The molecule has 1 fully saturated rings. The summed E-state index contributed by atoms with van der Waals surface area (Å²) in [6, 6.07) is -2.53. The first kappa shape index (κ1) is 22.7. The van der Waals surface area contributed by atoms with Crippen LogP contribution in [0.2, 0.25) is 0 Å². The van der Waals surface area contributed by atoms with Crippen LogP contribution in [-0.2, 0) is 0 Å². The van der Waals surface area contributed by atoms with Crippen LogP contribution >= 0.6 is 0 Å². The van der Waals surface area contributed by atoms with Crippen LogP contribution in [-0.4, -0.2) is 46.0 Å². The maximum atomic E-state index is 14.0. The van der Waals surface area contributed by atoms with E-state index >= 15 is 0 Å². The number of hydrogen-bond donors (Lipinski definition) is 3. The van der Waals surface area contributed by atoms with E-state index in [0.29, 0.717) is 19.2 Å². The van der Waals surface area contributed by atoms with Gasteiger partial charge >= 0.3 is 12.2 Å². The summed E-state index contributed by atoms with van der Waals surface area (Å²) in [6.07, 6.45) is -2.61. The summed E-state index contributed by atoms with van der Waals surface area (Å²) in [5, 5.41) is 13.5. The van der Waals surface area contributed by atoms with Crippen molar-refractivity contribution in [2.45, 2.75) is 31.7 Å². The number of furan rings is 1. The Morgan fingerprint density at radius 2 is 1.88 bits per heavy atom. The standard InChI is InChI=1S/C20H18F5N5O3/c1-9-12-3-10(21)4-13(22)15(12)33-14(9)16(20(23,24)25)29-18(31)28-11-5-26-17(27-6-11)30-7-19(2,32)8-30/h3-6,16,32H,7-8H2,1-2H3,(H2,28,29,31)/t16-/m1/s1. The highest BCUT2D eigenvalue weighted by Gasteiger charge is 2.45. The number of benzene rings is 1. The van der Waals surface area contributed by atoms with Gasteiger partial charge in [-0.05, 0) is 19.9 Å². The maximum absolute atomic E-state index is 14.0. The first-order chi connectivity index (χ1) is 15.3. The molecule has 33 heavy (non-hydrogen) atoms. The Bertz CT molecular complexity index is 1200. The Morgan fingerprint density at radius 3 is 2.45 bits per heavy atom. The van der Waals surface area contributed by atoms with E-state index in [-0.39, 0.29) is 22.6 Å². The number of carbonyl (C=O) groups is 1. The highest BCUT2D eigenvalue weighted by Crippen LogP contribution is 2.39. The van der Waals surface area contributed by atoms with Crippen LogP contribution in [0.1, 0.15) is 24.3 Å². The molecule has 176 valence electrons. The van der Waals surface area contributed by atoms with Crippen LogP contribution in [0.3, 0.4) is 0 Å². The molecule has 3 aromatic rings. The van der Waals surface area contributed by atoms with E-state index in [9.17, 15) is 31.9 Å². The Hall–Kier alpha value is -3.48. The molecule has 2 amide bonds. The molecule has 1 aliphatic rings. The number of β-amino-alcohol motifs (C(OH)–C–C–N with tert-alkyl or cyclic N) is 1. The number of rotatable bonds is 4. The van der Waals surface area contributed by atoms with Gasteiger partial charge in [-0.1, -0.05) is 0 Å². The summed E-state index contributed by atoms with van der Waals surface area (Å²) in [4.78, 5) is 22.0. The van der Waals surface area contributed by atoms with Crippen molar-refractivity contribution in [2.24, 2.45) is 0 Å². The number of aromatic nitrogens is 2. The quantitative estimate of drug-likeness (QED) is 0.500. The maximum Gasteiger partial charge on any atom is 0.416 e.